The maximum Gasteiger partial charge on any atom is 0.130 e. The largest absolute Gasteiger partial charge is 0.485 e. The fourth-order valence-corrected chi connectivity index (χ4v) is 2.80. The fraction of sp³-hybridized carbons (Fsp3) is 0.400. The molecule has 4 nitrogen and oxygen atoms in total. The first-order valence-corrected chi connectivity index (χ1v) is 7.52. The third kappa shape index (κ3) is 2.47. The summed E-state index contributed by atoms with van der Waals surface area (Å²) < 4.78 is 8.86. The summed E-state index contributed by atoms with van der Waals surface area (Å²) in [5, 5.41) is 14.6. The number of rotatable bonds is 2. The Hall–Kier alpha value is -1.33. The normalized spacial score (nSPS) is 21.6. The number of aliphatic hydroxyl groups excluding tert-OH is 1. The van der Waals surface area contributed by atoms with Crippen molar-refractivity contribution in [2.75, 3.05) is 0 Å². The smallest absolute Gasteiger partial charge is 0.130 e. The topological polar surface area (TPSA) is 47.3 Å². The van der Waals surface area contributed by atoms with Crippen molar-refractivity contribution < 1.29 is 9.84 Å². The molecule has 0 aliphatic carbocycles. The third-order valence-corrected chi connectivity index (χ3v) is 4.05. The van der Waals surface area contributed by atoms with Gasteiger partial charge in [-0.25, -0.2) is 0 Å². The number of nitrogens with zero attached hydrogens (tertiary/aromatic N) is 2. The Morgan fingerprint density at radius 3 is 2.95 bits per heavy atom. The number of aromatic nitrogens is 2. The molecule has 2 heterocycles. The minimum Gasteiger partial charge on any atom is -0.485 e. The SMILES string of the molecule is CC(C)n1cc(C2C[C@H](O)c3cc(Br)ccc3O2)cn1. The van der Waals surface area contributed by atoms with Crippen molar-refractivity contribution >= 4 is 15.9 Å². The van der Waals surface area contributed by atoms with Crippen LogP contribution in [-0.2, 0) is 0 Å². The molecule has 0 spiro atoms. The van der Waals surface area contributed by atoms with Crippen molar-refractivity contribution in [2.24, 2.45) is 0 Å². The van der Waals surface area contributed by atoms with Crippen LogP contribution in [0.4, 0.5) is 0 Å². The van der Waals surface area contributed by atoms with Gasteiger partial charge in [0.25, 0.3) is 0 Å². The molecule has 20 heavy (non-hydrogen) atoms. The molecule has 1 unspecified atom stereocenters. The van der Waals surface area contributed by atoms with Gasteiger partial charge >= 0.3 is 0 Å². The second-order valence-electron chi connectivity index (χ2n) is 5.39. The first kappa shape index (κ1) is 13.6. The molecule has 0 bridgehead atoms. The Bertz CT molecular complexity index is 624. The van der Waals surface area contributed by atoms with Gasteiger partial charge in [-0.15, -0.1) is 0 Å². The highest BCUT2D eigenvalue weighted by molar-refractivity contribution is 9.10. The van der Waals surface area contributed by atoms with Gasteiger partial charge < -0.3 is 9.84 Å². The van der Waals surface area contributed by atoms with Gasteiger partial charge in [0.05, 0.1) is 12.3 Å². The minimum atomic E-state index is -0.511. The number of hydrogen-bond acceptors (Lipinski definition) is 3. The van der Waals surface area contributed by atoms with Crippen molar-refractivity contribution in [3.8, 4) is 5.75 Å². The maximum absolute atomic E-state index is 10.3. The number of aliphatic hydroxyl groups is 1. The molecular formula is C15H17BrN2O2. The Kier molecular flexibility index (Phi) is 3.56. The van der Waals surface area contributed by atoms with E-state index in [0.29, 0.717) is 12.5 Å². The molecule has 1 aromatic carbocycles. The lowest BCUT2D eigenvalue weighted by atomic mass is 9.96. The van der Waals surface area contributed by atoms with E-state index in [4.69, 9.17) is 4.74 Å². The summed E-state index contributed by atoms with van der Waals surface area (Å²) >= 11 is 3.42. The lowest BCUT2D eigenvalue weighted by Crippen LogP contribution is -2.18. The summed E-state index contributed by atoms with van der Waals surface area (Å²) in [6.45, 7) is 4.17. The predicted octanol–water partition coefficient (Wildman–Crippen LogP) is 3.78. The van der Waals surface area contributed by atoms with E-state index in [0.717, 1.165) is 21.3 Å². The van der Waals surface area contributed by atoms with Gasteiger partial charge in [0.15, 0.2) is 0 Å². The molecule has 0 amide bonds. The van der Waals surface area contributed by atoms with E-state index in [-0.39, 0.29) is 6.10 Å². The van der Waals surface area contributed by atoms with Crippen molar-refractivity contribution in [1.82, 2.24) is 9.78 Å². The number of benzene rings is 1. The summed E-state index contributed by atoms with van der Waals surface area (Å²) in [6.07, 6.45) is 3.70. The van der Waals surface area contributed by atoms with E-state index in [1.807, 2.05) is 35.3 Å². The van der Waals surface area contributed by atoms with Crippen molar-refractivity contribution in [3.63, 3.8) is 0 Å². The number of hydrogen-bond donors (Lipinski definition) is 1. The fourth-order valence-electron chi connectivity index (χ4n) is 2.42. The average Bonchev–Trinajstić information content (AvgIpc) is 2.89. The van der Waals surface area contributed by atoms with Gasteiger partial charge in [-0.1, -0.05) is 15.9 Å². The van der Waals surface area contributed by atoms with Crippen LogP contribution in [0.5, 0.6) is 5.75 Å². The standard InChI is InChI=1S/C15H17BrN2O2/c1-9(2)18-8-10(7-17-18)15-6-13(19)12-5-11(16)3-4-14(12)20-15/h3-5,7-9,13,15,19H,6H2,1-2H3/t13-,15?/m0/s1. The van der Waals surface area contributed by atoms with E-state index >= 15 is 0 Å². The maximum atomic E-state index is 10.3. The molecule has 0 saturated heterocycles. The van der Waals surface area contributed by atoms with Gasteiger partial charge in [-0.2, -0.15) is 5.10 Å². The molecule has 0 fully saturated rings. The second kappa shape index (κ2) is 5.22. The Balaban J connectivity index is 1.88. The Morgan fingerprint density at radius 2 is 2.25 bits per heavy atom. The zero-order chi connectivity index (χ0) is 14.3. The molecule has 2 atom stereocenters. The van der Waals surface area contributed by atoms with Gasteiger partial charge in [0, 0.05) is 34.3 Å². The van der Waals surface area contributed by atoms with Crippen molar-refractivity contribution in [1.29, 1.82) is 0 Å². The van der Waals surface area contributed by atoms with E-state index in [9.17, 15) is 5.11 Å². The molecule has 106 valence electrons. The molecule has 3 rings (SSSR count). The van der Waals surface area contributed by atoms with Gasteiger partial charge in [0.2, 0.25) is 0 Å². The molecule has 1 N–H and O–H groups in total. The van der Waals surface area contributed by atoms with Crippen molar-refractivity contribution in [2.45, 2.75) is 38.5 Å². The van der Waals surface area contributed by atoms with Gasteiger partial charge in [0.1, 0.15) is 11.9 Å². The first-order valence-electron chi connectivity index (χ1n) is 6.73. The summed E-state index contributed by atoms with van der Waals surface area (Å²) in [4.78, 5) is 0. The Morgan fingerprint density at radius 1 is 1.45 bits per heavy atom. The summed E-state index contributed by atoms with van der Waals surface area (Å²) in [5.41, 5.74) is 1.85. The van der Waals surface area contributed by atoms with Crippen LogP contribution in [0.2, 0.25) is 0 Å². The molecule has 0 saturated carbocycles. The molecule has 1 aliphatic rings. The lowest BCUT2D eigenvalue weighted by Gasteiger charge is -2.29. The highest BCUT2D eigenvalue weighted by Crippen LogP contribution is 2.41. The van der Waals surface area contributed by atoms with Gasteiger partial charge in [-0.3, -0.25) is 4.68 Å². The summed E-state index contributed by atoms with van der Waals surface area (Å²) in [7, 11) is 0. The molecule has 5 heteroatoms. The van der Waals surface area contributed by atoms with Crippen LogP contribution in [0.25, 0.3) is 0 Å². The third-order valence-electron chi connectivity index (χ3n) is 3.56. The highest BCUT2D eigenvalue weighted by atomic mass is 79.9. The summed E-state index contributed by atoms with van der Waals surface area (Å²) in [6, 6.07) is 6.04. The average molecular weight is 337 g/mol. The predicted molar refractivity (Wildman–Crippen MR) is 79.7 cm³/mol. The first-order chi connectivity index (χ1) is 9.54. The highest BCUT2D eigenvalue weighted by Gasteiger charge is 2.29. The van der Waals surface area contributed by atoms with Crippen LogP contribution < -0.4 is 4.74 Å². The minimum absolute atomic E-state index is 0.147. The Labute approximate surface area is 126 Å². The number of fused-ring (bicyclic) bond motifs is 1. The molecule has 0 radical (unpaired) electrons. The number of halogens is 1. The molecule has 2 aromatic rings. The van der Waals surface area contributed by atoms with E-state index in [1.165, 1.54) is 0 Å². The van der Waals surface area contributed by atoms with Crippen LogP contribution in [0.1, 0.15) is 49.6 Å². The quantitative estimate of drug-likeness (QED) is 0.907. The van der Waals surface area contributed by atoms with E-state index in [2.05, 4.69) is 34.9 Å². The molecular weight excluding hydrogens is 320 g/mol. The van der Waals surface area contributed by atoms with Crippen LogP contribution >= 0.6 is 15.9 Å². The molecule has 1 aromatic heterocycles. The van der Waals surface area contributed by atoms with Crippen LogP contribution in [0.15, 0.2) is 35.1 Å². The van der Waals surface area contributed by atoms with E-state index in [1.54, 1.807) is 0 Å². The zero-order valence-electron chi connectivity index (χ0n) is 11.5. The lowest BCUT2D eigenvalue weighted by molar-refractivity contribution is 0.0656. The van der Waals surface area contributed by atoms with Crippen molar-refractivity contribution in [3.05, 3.63) is 46.2 Å². The summed E-state index contributed by atoms with van der Waals surface area (Å²) in [5.74, 6) is 0.745. The van der Waals surface area contributed by atoms with Crippen LogP contribution in [0.3, 0.4) is 0 Å². The van der Waals surface area contributed by atoms with Crippen LogP contribution in [-0.4, -0.2) is 14.9 Å². The van der Waals surface area contributed by atoms with Crippen LogP contribution in [0, 0.1) is 0 Å². The molecule has 1 aliphatic heterocycles. The monoisotopic (exact) mass is 336 g/mol. The van der Waals surface area contributed by atoms with Gasteiger partial charge in [-0.05, 0) is 32.0 Å². The zero-order valence-corrected chi connectivity index (χ0v) is 13.0. The number of ether oxygens (including phenoxy) is 1. The second-order valence-corrected chi connectivity index (χ2v) is 6.30. The van der Waals surface area contributed by atoms with E-state index < -0.39 is 6.10 Å².